The van der Waals surface area contributed by atoms with Gasteiger partial charge in [-0.2, -0.15) is 0 Å². The standard InChI is InChI=1S/C38H31NO3/c1-38(2,3)34-25-27(35-36(40)32-16-10-11-17-33(32)37(35)41)24-31(42-34)23-20-26-18-21-30(22-19-26)39(28-12-6-4-7-13-28)29-14-8-5-9-15-29/h4-25H,1-3H3. The highest BCUT2D eigenvalue weighted by Crippen LogP contribution is 2.38. The molecule has 0 N–H and O–H groups in total. The van der Waals surface area contributed by atoms with Crippen LogP contribution in [0, 0.1) is 5.41 Å². The van der Waals surface area contributed by atoms with E-state index in [1.54, 1.807) is 30.3 Å². The lowest BCUT2D eigenvalue weighted by Crippen LogP contribution is -2.16. The molecule has 4 aromatic rings. The second kappa shape index (κ2) is 11.0. The van der Waals surface area contributed by atoms with Crippen LogP contribution in [0.3, 0.4) is 0 Å². The third kappa shape index (κ3) is 5.27. The maximum absolute atomic E-state index is 13.2. The summed E-state index contributed by atoms with van der Waals surface area (Å²) in [5.74, 6) is 0.781. The Balaban J connectivity index is 1.32. The van der Waals surface area contributed by atoms with E-state index in [0.717, 1.165) is 22.6 Å². The van der Waals surface area contributed by atoms with Crippen LogP contribution < -0.4 is 4.90 Å². The van der Waals surface area contributed by atoms with Crippen molar-refractivity contribution in [2.45, 2.75) is 20.8 Å². The van der Waals surface area contributed by atoms with Crippen LogP contribution in [0.2, 0.25) is 0 Å². The molecule has 0 bridgehead atoms. The molecule has 1 aliphatic carbocycles. The topological polar surface area (TPSA) is 46.6 Å². The maximum atomic E-state index is 13.2. The highest BCUT2D eigenvalue weighted by molar-refractivity contribution is 6.40. The zero-order valence-electron chi connectivity index (χ0n) is 23.9. The molecular formula is C38H31NO3. The van der Waals surface area contributed by atoms with Crippen LogP contribution in [0.25, 0.3) is 6.08 Å². The number of hydrogen-bond acceptors (Lipinski definition) is 4. The number of ether oxygens (including phenoxy) is 1. The van der Waals surface area contributed by atoms with E-state index in [1.807, 2.05) is 75.4 Å². The minimum Gasteiger partial charge on any atom is -0.461 e. The zero-order valence-corrected chi connectivity index (χ0v) is 23.9. The van der Waals surface area contributed by atoms with Crippen molar-refractivity contribution in [3.63, 3.8) is 0 Å². The molecule has 0 spiro atoms. The van der Waals surface area contributed by atoms with Crippen LogP contribution in [0.15, 0.2) is 150 Å². The SMILES string of the molecule is CC(C)(C)C1=CC(=C2C(=O)c3ccccc3C2=O)C=C(C=Cc2ccc(N(c3ccccc3)c3ccccc3)cc2)O1. The maximum Gasteiger partial charge on any atom is 0.198 e. The van der Waals surface area contributed by atoms with Crippen LogP contribution >= 0.6 is 0 Å². The van der Waals surface area contributed by atoms with E-state index >= 15 is 0 Å². The number of fused-ring (bicyclic) bond motifs is 1. The fraction of sp³-hybridized carbons (Fsp3) is 0.105. The Morgan fingerprint density at radius 3 is 1.62 bits per heavy atom. The van der Waals surface area contributed by atoms with Crippen LogP contribution in [0.5, 0.6) is 0 Å². The summed E-state index contributed by atoms with van der Waals surface area (Å²) in [6.45, 7) is 6.14. The van der Waals surface area contributed by atoms with Crippen molar-refractivity contribution in [2.24, 2.45) is 5.41 Å². The number of benzene rings is 4. The van der Waals surface area contributed by atoms with Crippen molar-refractivity contribution < 1.29 is 14.3 Å². The van der Waals surface area contributed by atoms with E-state index in [4.69, 9.17) is 4.74 Å². The first-order valence-corrected chi connectivity index (χ1v) is 14.0. The molecule has 0 aromatic heterocycles. The molecule has 1 aliphatic heterocycles. The first kappa shape index (κ1) is 27.0. The van der Waals surface area contributed by atoms with Gasteiger partial charge in [0.1, 0.15) is 11.5 Å². The summed E-state index contributed by atoms with van der Waals surface area (Å²) in [4.78, 5) is 28.7. The predicted octanol–water partition coefficient (Wildman–Crippen LogP) is 9.39. The van der Waals surface area contributed by atoms with E-state index in [0.29, 0.717) is 28.2 Å². The van der Waals surface area contributed by atoms with Gasteiger partial charge in [0.25, 0.3) is 0 Å². The quantitative estimate of drug-likeness (QED) is 0.184. The van der Waals surface area contributed by atoms with Crippen molar-refractivity contribution in [1.29, 1.82) is 0 Å². The summed E-state index contributed by atoms with van der Waals surface area (Å²) < 4.78 is 6.26. The van der Waals surface area contributed by atoms with Crippen LogP contribution in [-0.4, -0.2) is 11.6 Å². The van der Waals surface area contributed by atoms with Crippen molar-refractivity contribution in [3.05, 3.63) is 167 Å². The Morgan fingerprint density at radius 2 is 1.10 bits per heavy atom. The second-order valence-electron chi connectivity index (χ2n) is 11.4. The van der Waals surface area contributed by atoms with E-state index in [2.05, 4.69) is 53.4 Å². The first-order chi connectivity index (χ1) is 20.3. The summed E-state index contributed by atoms with van der Waals surface area (Å²) in [6.07, 6.45) is 7.47. The molecule has 1 heterocycles. The van der Waals surface area contributed by atoms with Gasteiger partial charge in [0, 0.05) is 33.6 Å². The third-order valence-electron chi connectivity index (χ3n) is 7.33. The molecule has 4 aromatic carbocycles. The molecule has 0 atom stereocenters. The average Bonchev–Trinajstić information content (AvgIpc) is 3.27. The number of carbonyl (C=O) groups is 2. The number of hydrogen-bond donors (Lipinski definition) is 0. The Hall–Kier alpha value is -5.22. The minimum absolute atomic E-state index is 0.193. The van der Waals surface area contributed by atoms with Crippen molar-refractivity contribution in [1.82, 2.24) is 0 Å². The second-order valence-corrected chi connectivity index (χ2v) is 11.4. The molecule has 6 rings (SSSR count). The van der Waals surface area contributed by atoms with Crippen LogP contribution in [0.4, 0.5) is 17.1 Å². The molecule has 42 heavy (non-hydrogen) atoms. The van der Waals surface area contributed by atoms with Crippen LogP contribution in [-0.2, 0) is 4.74 Å². The van der Waals surface area contributed by atoms with Gasteiger partial charge in [0.2, 0.25) is 0 Å². The lowest BCUT2D eigenvalue weighted by atomic mass is 9.89. The number of rotatable bonds is 5. The number of nitrogens with zero attached hydrogens (tertiary/aromatic N) is 1. The fourth-order valence-electron chi connectivity index (χ4n) is 5.15. The Morgan fingerprint density at radius 1 is 0.595 bits per heavy atom. The minimum atomic E-state index is -0.323. The van der Waals surface area contributed by atoms with Gasteiger partial charge in [-0.15, -0.1) is 0 Å². The molecule has 0 fully saturated rings. The van der Waals surface area contributed by atoms with E-state index in [1.165, 1.54) is 0 Å². The van der Waals surface area contributed by atoms with E-state index in [-0.39, 0.29) is 22.6 Å². The highest BCUT2D eigenvalue weighted by atomic mass is 16.5. The molecule has 0 amide bonds. The Labute approximate surface area is 246 Å². The molecular weight excluding hydrogens is 518 g/mol. The number of anilines is 3. The smallest absolute Gasteiger partial charge is 0.198 e. The lowest BCUT2D eigenvalue weighted by molar-refractivity contribution is 0.0987. The summed E-state index contributed by atoms with van der Waals surface area (Å²) in [5.41, 5.74) is 5.54. The summed E-state index contributed by atoms with van der Waals surface area (Å²) in [6, 6.07) is 35.9. The van der Waals surface area contributed by atoms with Gasteiger partial charge in [-0.25, -0.2) is 0 Å². The molecule has 206 valence electrons. The molecule has 0 saturated heterocycles. The van der Waals surface area contributed by atoms with Crippen molar-refractivity contribution in [2.75, 3.05) is 4.90 Å². The fourth-order valence-corrected chi connectivity index (χ4v) is 5.15. The Bertz CT molecular complexity index is 1710. The molecule has 0 saturated carbocycles. The summed E-state index contributed by atoms with van der Waals surface area (Å²) in [7, 11) is 0. The first-order valence-electron chi connectivity index (χ1n) is 14.0. The number of para-hydroxylation sites is 2. The van der Waals surface area contributed by atoms with E-state index < -0.39 is 0 Å². The Kier molecular flexibility index (Phi) is 7.05. The van der Waals surface area contributed by atoms with Gasteiger partial charge >= 0.3 is 0 Å². The van der Waals surface area contributed by atoms with E-state index in [9.17, 15) is 9.59 Å². The summed E-state index contributed by atoms with van der Waals surface area (Å²) >= 11 is 0. The van der Waals surface area contributed by atoms with Crippen LogP contribution in [0.1, 0.15) is 47.1 Å². The third-order valence-corrected chi connectivity index (χ3v) is 7.33. The molecule has 0 radical (unpaired) electrons. The number of ketones is 2. The number of carbonyl (C=O) groups excluding carboxylic acids is 2. The largest absolute Gasteiger partial charge is 0.461 e. The molecule has 4 heteroatoms. The number of Topliss-reactive ketones (excluding diaryl/α,β-unsaturated/α-hetero) is 2. The van der Waals surface area contributed by atoms with Gasteiger partial charge in [-0.1, -0.05) is 99.6 Å². The predicted molar refractivity (Wildman–Crippen MR) is 169 cm³/mol. The van der Waals surface area contributed by atoms with Crippen molar-refractivity contribution in [3.8, 4) is 0 Å². The zero-order chi connectivity index (χ0) is 29.3. The van der Waals surface area contributed by atoms with Gasteiger partial charge in [0.05, 0.1) is 5.57 Å². The van der Waals surface area contributed by atoms with Crippen molar-refractivity contribution >= 4 is 34.7 Å². The van der Waals surface area contributed by atoms with Gasteiger partial charge in [0.15, 0.2) is 11.6 Å². The molecule has 4 nitrogen and oxygen atoms in total. The highest BCUT2D eigenvalue weighted by Gasteiger charge is 2.36. The van der Waals surface area contributed by atoms with Gasteiger partial charge < -0.3 is 9.64 Å². The number of allylic oxidation sites excluding steroid dienone is 6. The average molecular weight is 550 g/mol. The normalized spacial score (nSPS) is 14.9. The summed E-state index contributed by atoms with van der Waals surface area (Å²) in [5, 5.41) is 0. The van der Waals surface area contributed by atoms with Gasteiger partial charge in [-0.3, -0.25) is 9.59 Å². The molecule has 2 aliphatic rings. The molecule has 0 unspecified atom stereocenters. The monoisotopic (exact) mass is 549 g/mol. The lowest BCUT2D eigenvalue weighted by Gasteiger charge is -2.27. The van der Waals surface area contributed by atoms with Gasteiger partial charge in [-0.05, 0) is 65.8 Å².